The van der Waals surface area contributed by atoms with E-state index in [1.54, 1.807) is 15.8 Å². The normalized spacial score (nSPS) is 18.0. The Morgan fingerprint density at radius 2 is 2.17 bits per heavy atom. The Labute approximate surface area is 138 Å². The van der Waals surface area contributed by atoms with Crippen molar-refractivity contribution in [2.45, 2.75) is 25.9 Å². The number of hydrogen-bond acceptors (Lipinski definition) is 4. The molecule has 0 aliphatic carbocycles. The lowest BCUT2D eigenvalue weighted by Crippen LogP contribution is -2.41. The van der Waals surface area contributed by atoms with Crippen LogP contribution >= 0.6 is 0 Å². The van der Waals surface area contributed by atoms with E-state index in [9.17, 15) is 13.6 Å². The van der Waals surface area contributed by atoms with Gasteiger partial charge in [-0.1, -0.05) is 5.21 Å². The molecule has 2 aromatic rings. The Balaban J connectivity index is 1.66. The number of carbonyl (C=O) groups excluding carboxylic acids is 1. The second-order valence-electron chi connectivity index (χ2n) is 6.02. The number of nitrogens with zero attached hydrogens (tertiary/aromatic N) is 4. The molecule has 1 aromatic heterocycles. The molecule has 6 nitrogen and oxygen atoms in total. The van der Waals surface area contributed by atoms with Crippen LogP contribution in [0.1, 0.15) is 28.9 Å². The van der Waals surface area contributed by atoms with Crippen molar-refractivity contribution in [1.82, 2.24) is 19.9 Å². The molecule has 0 bridgehead atoms. The summed E-state index contributed by atoms with van der Waals surface area (Å²) in [5.41, 5.74) is 6.41. The van der Waals surface area contributed by atoms with Crippen molar-refractivity contribution < 1.29 is 13.6 Å². The minimum Gasteiger partial charge on any atom is -0.338 e. The fourth-order valence-corrected chi connectivity index (χ4v) is 3.00. The molecule has 1 saturated heterocycles. The van der Waals surface area contributed by atoms with Crippen molar-refractivity contribution in [2.75, 3.05) is 13.1 Å². The number of hydrogen-bond donors (Lipinski definition) is 1. The first kappa shape index (κ1) is 16.5. The van der Waals surface area contributed by atoms with Gasteiger partial charge in [0.25, 0.3) is 5.91 Å². The second kappa shape index (κ2) is 7.04. The van der Waals surface area contributed by atoms with Crippen LogP contribution in [0.2, 0.25) is 0 Å². The number of rotatable bonds is 4. The van der Waals surface area contributed by atoms with Gasteiger partial charge in [0.15, 0.2) is 11.6 Å². The Hall–Kier alpha value is -2.35. The number of likely N-dealkylation sites (tertiary alicyclic amines) is 1. The molecule has 0 radical (unpaired) electrons. The number of amides is 1. The third-order valence-electron chi connectivity index (χ3n) is 4.21. The van der Waals surface area contributed by atoms with Crippen LogP contribution in [-0.4, -0.2) is 38.9 Å². The molecule has 1 fully saturated rings. The minimum absolute atomic E-state index is 0.167. The van der Waals surface area contributed by atoms with Crippen molar-refractivity contribution in [2.24, 2.45) is 11.7 Å². The van der Waals surface area contributed by atoms with E-state index in [-0.39, 0.29) is 17.4 Å². The maximum atomic E-state index is 13.3. The molecular formula is C16H19F2N5O. The zero-order chi connectivity index (χ0) is 17.1. The van der Waals surface area contributed by atoms with Crippen LogP contribution in [0.3, 0.4) is 0 Å². The molecule has 1 aliphatic heterocycles. The Morgan fingerprint density at radius 1 is 1.33 bits per heavy atom. The number of nitrogens with two attached hydrogens (primary N) is 1. The van der Waals surface area contributed by atoms with Crippen molar-refractivity contribution in [1.29, 1.82) is 0 Å². The predicted molar refractivity (Wildman–Crippen MR) is 82.9 cm³/mol. The van der Waals surface area contributed by atoms with E-state index in [1.165, 1.54) is 6.07 Å². The summed E-state index contributed by atoms with van der Waals surface area (Å²) >= 11 is 0. The Bertz CT molecular complexity index is 733. The van der Waals surface area contributed by atoms with Gasteiger partial charge in [0, 0.05) is 37.9 Å². The van der Waals surface area contributed by atoms with Gasteiger partial charge in [-0.25, -0.2) is 8.78 Å². The third kappa shape index (κ3) is 3.59. The van der Waals surface area contributed by atoms with Crippen LogP contribution in [-0.2, 0) is 13.1 Å². The molecule has 3 rings (SSSR count). The molecule has 0 unspecified atom stereocenters. The average molecular weight is 335 g/mol. The summed E-state index contributed by atoms with van der Waals surface area (Å²) in [6.07, 6.45) is 3.63. The van der Waals surface area contributed by atoms with Crippen molar-refractivity contribution in [3.05, 3.63) is 47.3 Å². The smallest absolute Gasteiger partial charge is 0.253 e. The molecule has 8 heteroatoms. The molecule has 1 atom stereocenters. The van der Waals surface area contributed by atoms with E-state index >= 15 is 0 Å². The summed E-state index contributed by atoms with van der Waals surface area (Å²) in [4.78, 5) is 14.2. The first-order valence-corrected chi connectivity index (χ1v) is 7.90. The number of aromatic nitrogens is 3. The molecule has 1 amide bonds. The van der Waals surface area contributed by atoms with Gasteiger partial charge in [-0.2, -0.15) is 0 Å². The number of piperidine rings is 1. The highest BCUT2D eigenvalue weighted by Gasteiger charge is 2.25. The number of benzene rings is 1. The first-order valence-electron chi connectivity index (χ1n) is 7.90. The van der Waals surface area contributed by atoms with Crippen LogP contribution < -0.4 is 5.73 Å². The summed E-state index contributed by atoms with van der Waals surface area (Å²) in [5, 5.41) is 7.97. The van der Waals surface area contributed by atoms with Gasteiger partial charge in [0.1, 0.15) is 0 Å². The monoisotopic (exact) mass is 335 g/mol. The molecule has 24 heavy (non-hydrogen) atoms. The predicted octanol–water partition coefficient (Wildman–Crippen LogP) is 1.57. The average Bonchev–Trinajstić information content (AvgIpc) is 3.04. The SMILES string of the molecule is NCc1cn(C[C@@H]2CCCN(C(=O)c3ccc(F)c(F)c3)C2)nn1. The lowest BCUT2D eigenvalue weighted by atomic mass is 9.97. The maximum Gasteiger partial charge on any atom is 0.253 e. The highest BCUT2D eigenvalue weighted by atomic mass is 19.2. The van der Waals surface area contributed by atoms with E-state index in [0.717, 1.165) is 30.7 Å². The largest absolute Gasteiger partial charge is 0.338 e. The lowest BCUT2D eigenvalue weighted by Gasteiger charge is -2.32. The van der Waals surface area contributed by atoms with Gasteiger partial charge in [-0.3, -0.25) is 9.48 Å². The molecule has 1 aliphatic rings. The maximum absolute atomic E-state index is 13.3. The minimum atomic E-state index is -1.01. The summed E-state index contributed by atoms with van der Waals surface area (Å²) in [7, 11) is 0. The Kier molecular flexibility index (Phi) is 4.84. The zero-order valence-corrected chi connectivity index (χ0v) is 13.2. The molecule has 0 spiro atoms. The van der Waals surface area contributed by atoms with E-state index < -0.39 is 11.6 Å². The van der Waals surface area contributed by atoms with Crippen LogP contribution in [0.25, 0.3) is 0 Å². The van der Waals surface area contributed by atoms with E-state index in [2.05, 4.69) is 10.3 Å². The van der Waals surface area contributed by atoms with Crippen LogP contribution in [0, 0.1) is 17.6 Å². The molecule has 2 N–H and O–H groups in total. The molecule has 128 valence electrons. The summed E-state index contributed by atoms with van der Waals surface area (Å²) < 4.78 is 28.1. The first-order chi connectivity index (χ1) is 11.6. The van der Waals surface area contributed by atoms with Crippen LogP contribution in [0.15, 0.2) is 24.4 Å². The topological polar surface area (TPSA) is 77.0 Å². The summed E-state index contributed by atoms with van der Waals surface area (Å²) in [6.45, 7) is 2.15. The van der Waals surface area contributed by atoms with Crippen molar-refractivity contribution >= 4 is 5.91 Å². The fourth-order valence-electron chi connectivity index (χ4n) is 3.00. The van der Waals surface area contributed by atoms with Gasteiger partial charge in [-0.05, 0) is 37.0 Å². The standard InChI is InChI=1S/C16H19F2N5O/c17-14-4-3-12(6-15(14)18)16(24)22-5-1-2-11(8-22)9-23-10-13(7-19)20-21-23/h3-4,6,10-11H,1-2,5,7-9,19H2/t11-/m1/s1. The summed E-state index contributed by atoms with van der Waals surface area (Å²) in [5.74, 6) is -2.00. The molecule has 1 aromatic carbocycles. The molecule has 0 saturated carbocycles. The molecule has 2 heterocycles. The lowest BCUT2D eigenvalue weighted by molar-refractivity contribution is 0.0658. The van der Waals surface area contributed by atoms with Crippen molar-refractivity contribution in [3.63, 3.8) is 0 Å². The number of halogens is 2. The quantitative estimate of drug-likeness (QED) is 0.920. The van der Waals surface area contributed by atoms with Crippen LogP contribution in [0.5, 0.6) is 0 Å². The number of carbonyl (C=O) groups is 1. The second-order valence-corrected chi connectivity index (χ2v) is 6.02. The van der Waals surface area contributed by atoms with E-state index in [4.69, 9.17) is 5.73 Å². The third-order valence-corrected chi connectivity index (χ3v) is 4.21. The van der Waals surface area contributed by atoms with Gasteiger partial charge in [-0.15, -0.1) is 5.10 Å². The highest BCUT2D eigenvalue weighted by Crippen LogP contribution is 2.21. The highest BCUT2D eigenvalue weighted by molar-refractivity contribution is 5.94. The fraction of sp³-hybridized carbons (Fsp3) is 0.438. The van der Waals surface area contributed by atoms with Gasteiger partial charge < -0.3 is 10.6 Å². The van der Waals surface area contributed by atoms with Crippen LogP contribution in [0.4, 0.5) is 8.78 Å². The zero-order valence-electron chi connectivity index (χ0n) is 13.2. The van der Waals surface area contributed by atoms with Crippen molar-refractivity contribution in [3.8, 4) is 0 Å². The summed E-state index contributed by atoms with van der Waals surface area (Å²) in [6, 6.07) is 3.25. The Morgan fingerprint density at radius 3 is 2.88 bits per heavy atom. The van der Waals surface area contributed by atoms with E-state index in [0.29, 0.717) is 26.2 Å². The van der Waals surface area contributed by atoms with Gasteiger partial charge in [0.2, 0.25) is 0 Å². The van der Waals surface area contributed by atoms with Gasteiger partial charge in [0.05, 0.1) is 5.69 Å². The van der Waals surface area contributed by atoms with Gasteiger partial charge >= 0.3 is 0 Å². The van der Waals surface area contributed by atoms with E-state index in [1.807, 2.05) is 0 Å². The molecular weight excluding hydrogens is 316 g/mol.